The molecule has 0 saturated heterocycles. The molecule has 0 N–H and O–H groups in total. The number of rotatable bonds is 0. The third-order valence-electron chi connectivity index (χ3n) is 4.33. The minimum atomic E-state index is 0.300. The van der Waals surface area contributed by atoms with Gasteiger partial charge < -0.3 is 0 Å². The summed E-state index contributed by atoms with van der Waals surface area (Å²) in [4.78, 5) is 11.4. The van der Waals surface area contributed by atoms with Crippen LogP contribution in [0.2, 0.25) is 0 Å². The van der Waals surface area contributed by atoms with E-state index >= 15 is 0 Å². The van der Waals surface area contributed by atoms with Crippen molar-refractivity contribution in [1.29, 1.82) is 0 Å². The molecular formula is C11H14O. The molecule has 0 unspecified atom stereocenters. The van der Waals surface area contributed by atoms with Gasteiger partial charge in [0.1, 0.15) is 5.78 Å². The minimum absolute atomic E-state index is 0.300. The van der Waals surface area contributed by atoms with Crippen molar-refractivity contribution < 1.29 is 4.79 Å². The van der Waals surface area contributed by atoms with Crippen LogP contribution in [0.1, 0.15) is 32.6 Å². The van der Waals surface area contributed by atoms with Crippen LogP contribution in [0, 0.1) is 16.7 Å². The standard InChI is InChI=1S/C11H14O/c1-10-4-8-2-3-11(10,5-8)7-9(12)6-10/h2-3,8H,4-7H2,1H3/t8-,10+,11-/m1/s1. The average Bonchev–Trinajstić information content (AvgIpc) is 2.46. The summed E-state index contributed by atoms with van der Waals surface area (Å²) >= 11 is 0. The summed E-state index contributed by atoms with van der Waals surface area (Å²) < 4.78 is 0. The van der Waals surface area contributed by atoms with Crippen LogP contribution in [0.15, 0.2) is 12.2 Å². The summed E-state index contributed by atoms with van der Waals surface area (Å²) in [6.45, 7) is 2.31. The Morgan fingerprint density at radius 3 is 2.92 bits per heavy atom. The van der Waals surface area contributed by atoms with E-state index in [9.17, 15) is 4.79 Å². The largest absolute Gasteiger partial charge is 0.300 e. The van der Waals surface area contributed by atoms with Crippen molar-refractivity contribution in [2.24, 2.45) is 16.7 Å². The molecule has 3 atom stereocenters. The maximum atomic E-state index is 11.4. The molecule has 2 bridgehead atoms. The molecule has 0 aromatic heterocycles. The zero-order valence-corrected chi connectivity index (χ0v) is 7.47. The van der Waals surface area contributed by atoms with Gasteiger partial charge in [0.2, 0.25) is 0 Å². The second-order valence-electron chi connectivity index (χ2n) is 5.14. The van der Waals surface area contributed by atoms with Crippen molar-refractivity contribution in [2.45, 2.75) is 32.6 Å². The molecule has 2 fully saturated rings. The van der Waals surface area contributed by atoms with Crippen LogP contribution in [-0.2, 0) is 4.79 Å². The molecule has 0 radical (unpaired) electrons. The number of ketones is 1. The molecule has 3 aliphatic rings. The van der Waals surface area contributed by atoms with Gasteiger partial charge in [0.05, 0.1) is 0 Å². The van der Waals surface area contributed by atoms with E-state index in [4.69, 9.17) is 0 Å². The van der Waals surface area contributed by atoms with Crippen LogP contribution in [0.4, 0.5) is 0 Å². The number of allylic oxidation sites excluding steroid dienone is 2. The van der Waals surface area contributed by atoms with E-state index in [1.54, 1.807) is 0 Å². The molecule has 0 aromatic carbocycles. The highest BCUT2D eigenvalue weighted by atomic mass is 16.1. The monoisotopic (exact) mass is 162 g/mol. The summed E-state index contributed by atoms with van der Waals surface area (Å²) in [6.07, 6.45) is 8.86. The van der Waals surface area contributed by atoms with Gasteiger partial charge in [-0.1, -0.05) is 19.1 Å². The maximum Gasteiger partial charge on any atom is 0.134 e. The van der Waals surface area contributed by atoms with E-state index in [1.807, 2.05) is 0 Å². The Bertz CT molecular complexity index is 291. The Hall–Kier alpha value is -0.590. The first kappa shape index (κ1) is 6.88. The number of Topliss-reactive ketones (excluding diaryl/α,β-unsaturated/α-hetero) is 1. The normalized spacial score (nSPS) is 55.1. The van der Waals surface area contributed by atoms with E-state index < -0.39 is 0 Å². The van der Waals surface area contributed by atoms with Crippen LogP contribution in [0.3, 0.4) is 0 Å². The predicted molar refractivity (Wildman–Crippen MR) is 46.6 cm³/mol. The van der Waals surface area contributed by atoms with E-state index in [-0.39, 0.29) is 0 Å². The predicted octanol–water partition coefficient (Wildman–Crippen LogP) is 2.32. The molecule has 64 valence electrons. The van der Waals surface area contributed by atoms with E-state index in [2.05, 4.69) is 19.1 Å². The zero-order valence-electron chi connectivity index (χ0n) is 7.47. The Morgan fingerprint density at radius 2 is 2.25 bits per heavy atom. The number of hydrogen-bond donors (Lipinski definition) is 0. The van der Waals surface area contributed by atoms with Crippen molar-refractivity contribution >= 4 is 5.78 Å². The van der Waals surface area contributed by atoms with E-state index in [1.165, 1.54) is 12.8 Å². The van der Waals surface area contributed by atoms with Gasteiger partial charge in [0.25, 0.3) is 0 Å². The summed E-state index contributed by atoms with van der Waals surface area (Å²) in [5.74, 6) is 1.28. The quantitative estimate of drug-likeness (QED) is 0.499. The van der Waals surface area contributed by atoms with Crippen LogP contribution in [0.25, 0.3) is 0 Å². The topological polar surface area (TPSA) is 17.1 Å². The average molecular weight is 162 g/mol. The molecule has 12 heavy (non-hydrogen) atoms. The highest BCUT2D eigenvalue weighted by Crippen LogP contribution is 2.67. The van der Waals surface area contributed by atoms with Crippen molar-refractivity contribution in [2.75, 3.05) is 0 Å². The van der Waals surface area contributed by atoms with Crippen molar-refractivity contribution in [1.82, 2.24) is 0 Å². The minimum Gasteiger partial charge on any atom is -0.300 e. The zero-order chi connectivity index (χ0) is 8.40. The molecule has 3 aliphatic carbocycles. The van der Waals surface area contributed by atoms with E-state index in [0.29, 0.717) is 16.6 Å². The van der Waals surface area contributed by atoms with Crippen molar-refractivity contribution in [3.63, 3.8) is 0 Å². The van der Waals surface area contributed by atoms with Gasteiger partial charge in [-0.25, -0.2) is 0 Å². The molecule has 0 aliphatic heterocycles. The lowest BCUT2D eigenvalue weighted by Gasteiger charge is -2.34. The molecule has 2 saturated carbocycles. The summed E-state index contributed by atoms with van der Waals surface area (Å²) in [7, 11) is 0. The van der Waals surface area contributed by atoms with Gasteiger partial charge in [-0.2, -0.15) is 0 Å². The molecular weight excluding hydrogens is 148 g/mol. The van der Waals surface area contributed by atoms with Gasteiger partial charge in [-0.3, -0.25) is 4.79 Å². The second kappa shape index (κ2) is 1.68. The first-order valence-electron chi connectivity index (χ1n) is 4.85. The van der Waals surface area contributed by atoms with Gasteiger partial charge in [-0.05, 0) is 24.2 Å². The number of carbonyl (C=O) groups is 1. The Kier molecular flexibility index (Phi) is 0.964. The molecule has 3 rings (SSSR count). The second-order valence-corrected chi connectivity index (χ2v) is 5.14. The van der Waals surface area contributed by atoms with Crippen LogP contribution >= 0.6 is 0 Å². The molecule has 1 heteroatoms. The number of hydrogen-bond acceptors (Lipinski definition) is 1. The molecule has 0 aromatic rings. The smallest absolute Gasteiger partial charge is 0.134 e. The number of fused-ring (bicyclic) bond motifs is 1. The third kappa shape index (κ3) is 0.562. The van der Waals surface area contributed by atoms with Crippen molar-refractivity contribution in [3.05, 3.63) is 12.2 Å². The molecule has 1 nitrogen and oxygen atoms in total. The maximum absolute atomic E-state index is 11.4. The summed E-state index contributed by atoms with van der Waals surface area (Å²) in [5, 5.41) is 0. The fourth-order valence-electron chi connectivity index (χ4n) is 3.74. The van der Waals surface area contributed by atoms with Gasteiger partial charge in [0, 0.05) is 18.3 Å². The Labute approximate surface area is 72.8 Å². The Balaban J connectivity index is 2.13. The van der Waals surface area contributed by atoms with E-state index in [0.717, 1.165) is 18.8 Å². The molecule has 0 amide bonds. The van der Waals surface area contributed by atoms with Crippen LogP contribution in [-0.4, -0.2) is 5.78 Å². The third-order valence-corrected chi connectivity index (χ3v) is 4.33. The first-order chi connectivity index (χ1) is 5.64. The summed E-state index contributed by atoms with van der Waals surface area (Å²) in [6, 6.07) is 0. The first-order valence-corrected chi connectivity index (χ1v) is 4.85. The lowest BCUT2D eigenvalue weighted by molar-refractivity contribution is -0.118. The Morgan fingerprint density at radius 1 is 1.42 bits per heavy atom. The SMILES string of the molecule is C[C@]12CC(=O)C[C@]13C=C[C@H](C2)C3. The molecule has 0 heterocycles. The lowest BCUT2D eigenvalue weighted by Crippen LogP contribution is -2.27. The van der Waals surface area contributed by atoms with Gasteiger partial charge in [-0.15, -0.1) is 0 Å². The highest BCUT2D eigenvalue weighted by Gasteiger charge is 2.61. The van der Waals surface area contributed by atoms with Crippen LogP contribution in [0.5, 0.6) is 0 Å². The fourth-order valence-corrected chi connectivity index (χ4v) is 3.74. The number of carbonyl (C=O) groups excluding carboxylic acids is 1. The van der Waals surface area contributed by atoms with Crippen molar-refractivity contribution in [3.8, 4) is 0 Å². The highest BCUT2D eigenvalue weighted by molar-refractivity contribution is 5.84. The fraction of sp³-hybridized carbons (Fsp3) is 0.727. The van der Waals surface area contributed by atoms with Crippen LogP contribution < -0.4 is 0 Å². The van der Waals surface area contributed by atoms with Gasteiger partial charge in [0.15, 0.2) is 0 Å². The molecule has 1 spiro atoms. The van der Waals surface area contributed by atoms with Gasteiger partial charge >= 0.3 is 0 Å². The lowest BCUT2D eigenvalue weighted by atomic mass is 9.69. The summed E-state index contributed by atoms with van der Waals surface area (Å²) in [5.41, 5.74) is 0.637.